The molecule has 0 spiro atoms. The van der Waals surface area contributed by atoms with Crippen molar-refractivity contribution in [3.05, 3.63) is 9.81 Å². The minimum atomic E-state index is 0.792. The summed E-state index contributed by atoms with van der Waals surface area (Å²) in [5.41, 5.74) is 1.80. The fraction of sp³-hybridized carbons (Fsp3) is 0.846. The Morgan fingerprint density at radius 2 is 1.88 bits per heavy atom. The molecule has 3 fully saturated rings. The Kier molecular flexibility index (Phi) is 3.55. The maximum absolute atomic E-state index is 2.67. The van der Waals surface area contributed by atoms with Gasteiger partial charge in [0.05, 0.1) is 0 Å². The molecule has 0 amide bonds. The quantitative estimate of drug-likeness (QED) is 0.649. The van der Waals surface area contributed by atoms with Crippen molar-refractivity contribution in [3.63, 3.8) is 0 Å². The lowest BCUT2D eigenvalue weighted by Crippen LogP contribution is -2.31. The van der Waals surface area contributed by atoms with Crippen LogP contribution in [-0.4, -0.2) is 35.5 Å². The van der Waals surface area contributed by atoms with Crippen LogP contribution in [0, 0.1) is 0 Å². The highest BCUT2D eigenvalue weighted by Crippen LogP contribution is 2.44. The Bertz CT molecular complexity index is 292. The van der Waals surface area contributed by atoms with E-state index in [2.05, 4.69) is 35.5 Å². The Hall–Kier alpha value is 0.400. The molecule has 3 saturated heterocycles. The van der Waals surface area contributed by atoms with Gasteiger partial charge in [-0.15, -0.1) is 23.5 Å². The highest BCUT2D eigenvalue weighted by atomic mass is 32.2. The van der Waals surface area contributed by atoms with Gasteiger partial charge < -0.3 is 0 Å². The van der Waals surface area contributed by atoms with Crippen LogP contribution in [0.15, 0.2) is 9.81 Å². The molecule has 90 valence electrons. The van der Waals surface area contributed by atoms with E-state index in [1.54, 1.807) is 9.81 Å². The van der Waals surface area contributed by atoms with E-state index in [0.29, 0.717) is 0 Å². The van der Waals surface area contributed by atoms with Crippen LogP contribution >= 0.6 is 23.5 Å². The van der Waals surface area contributed by atoms with Crippen molar-refractivity contribution in [3.8, 4) is 0 Å². The SMILES string of the molecule is CN1C2CCCC(=C3SCCCS3)C1CC2. The summed E-state index contributed by atoms with van der Waals surface area (Å²) in [6.45, 7) is 0. The molecule has 2 unspecified atom stereocenters. The second-order valence-electron chi connectivity index (χ2n) is 5.17. The van der Waals surface area contributed by atoms with Crippen LogP contribution in [0.25, 0.3) is 0 Å². The standard InChI is InChI=1S/C13H21NS2/c1-14-10-4-2-5-11(12(14)7-6-10)13-15-8-3-9-16-13/h10,12H,2-9H2,1H3. The van der Waals surface area contributed by atoms with E-state index in [0.717, 1.165) is 12.1 Å². The van der Waals surface area contributed by atoms with Gasteiger partial charge in [-0.25, -0.2) is 0 Å². The van der Waals surface area contributed by atoms with Crippen molar-refractivity contribution in [2.45, 2.75) is 50.6 Å². The summed E-state index contributed by atoms with van der Waals surface area (Å²) in [5.74, 6) is 2.71. The summed E-state index contributed by atoms with van der Waals surface area (Å²) in [4.78, 5) is 2.67. The molecule has 2 atom stereocenters. The van der Waals surface area contributed by atoms with Gasteiger partial charge in [0.15, 0.2) is 0 Å². The Balaban J connectivity index is 1.87. The maximum atomic E-state index is 2.67. The number of thioether (sulfide) groups is 2. The lowest BCUT2D eigenvalue weighted by atomic mass is 9.97. The van der Waals surface area contributed by atoms with Crippen LogP contribution < -0.4 is 0 Å². The average molecular weight is 255 g/mol. The molecule has 3 heterocycles. The van der Waals surface area contributed by atoms with E-state index >= 15 is 0 Å². The lowest BCUT2D eigenvalue weighted by Gasteiger charge is -2.27. The highest BCUT2D eigenvalue weighted by molar-refractivity contribution is 8.22. The fourth-order valence-corrected chi connectivity index (χ4v) is 6.14. The molecule has 0 N–H and O–H groups in total. The van der Waals surface area contributed by atoms with Crippen LogP contribution in [0.2, 0.25) is 0 Å². The molecule has 0 aromatic heterocycles. The van der Waals surface area contributed by atoms with Crippen molar-refractivity contribution in [2.75, 3.05) is 18.6 Å². The monoisotopic (exact) mass is 255 g/mol. The second kappa shape index (κ2) is 4.95. The van der Waals surface area contributed by atoms with Crippen molar-refractivity contribution in [1.29, 1.82) is 0 Å². The summed E-state index contributed by atoms with van der Waals surface area (Å²) in [5, 5.41) is 0. The minimum Gasteiger partial charge on any atom is -0.297 e. The molecular weight excluding hydrogens is 234 g/mol. The topological polar surface area (TPSA) is 3.24 Å². The van der Waals surface area contributed by atoms with E-state index in [1.807, 2.05) is 0 Å². The zero-order chi connectivity index (χ0) is 11.0. The van der Waals surface area contributed by atoms with Crippen molar-refractivity contribution < 1.29 is 0 Å². The molecular formula is C13H21NS2. The first-order chi connectivity index (χ1) is 7.86. The zero-order valence-corrected chi connectivity index (χ0v) is 11.7. The maximum Gasteiger partial charge on any atom is 0.0408 e. The van der Waals surface area contributed by atoms with Crippen molar-refractivity contribution >= 4 is 23.5 Å². The predicted molar refractivity (Wildman–Crippen MR) is 75.0 cm³/mol. The third-order valence-corrected chi connectivity index (χ3v) is 6.99. The van der Waals surface area contributed by atoms with Crippen molar-refractivity contribution in [1.82, 2.24) is 4.90 Å². The van der Waals surface area contributed by atoms with Crippen LogP contribution in [0.3, 0.4) is 0 Å². The van der Waals surface area contributed by atoms with E-state index < -0.39 is 0 Å². The van der Waals surface area contributed by atoms with Crippen LogP contribution in [0.5, 0.6) is 0 Å². The van der Waals surface area contributed by atoms with Crippen LogP contribution in [-0.2, 0) is 0 Å². The Morgan fingerprint density at radius 1 is 1.06 bits per heavy atom. The second-order valence-corrected chi connectivity index (χ2v) is 7.64. The van der Waals surface area contributed by atoms with Gasteiger partial charge in [0.1, 0.15) is 0 Å². The van der Waals surface area contributed by atoms with Gasteiger partial charge in [-0.2, -0.15) is 0 Å². The van der Waals surface area contributed by atoms with Gasteiger partial charge in [-0.3, -0.25) is 4.90 Å². The number of fused-ring (bicyclic) bond motifs is 2. The molecule has 0 aromatic carbocycles. The number of nitrogens with zero attached hydrogens (tertiary/aromatic N) is 1. The Morgan fingerprint density at radius 3 is 2.69 bits per heavy atom. The summed E-state index contributed by atoms with van der Waals surface area (Å²) < 4.78 is 1.70. The first-order valence-corrected chi connectivity index (χ1v) is 8.54. The van der Waals surface area contributed by atoms with Crippen molar-refractivity contribution in [2.24, 2.45) is 0 Å². The number of likely N-dealkylation sites (N-methyl/N-ethyl adjacent to an activating group) is 1. The van der Waals surface area contributed by atoms with E-state index in [1.165, 1.54) is 50.0 Å². The molecule has 0 saturated carbocycles. The molecule has 0 aromatic rings. The number of hydrogen-bond acceptors (Lipinski definition) is 3. The molecule has 16 heavy (non-hydrogen) atoms. The number of rotatable bonds is 0. The minimum absolute atomic E-state index is 0.792. The normalized spacial score (nSPS) is 36.6. The van der Waals surface area contributed by atoms with Gasteiger partial charge in [-0.1, -0.05) is 0 Å². The zero-order valence-electron chi connectivity index (χ0n) is 10.1. The lowest BCUT2D eigenvalue weighted by molar-refractivity contribution is 0.265. The summed E-state index contributed by atoms with van der Waals surface area (Å²) in [6, 6.07) is 1.68. The molecule has 3 aliphatic rings. The third kappa shape index (κ3) is 2.06. The van der Waals surface area contributed by atoms with Gasteiger partial charge >= 0.3 is 0 Å². The fourth-order valence-electron chi connectivity index (χ4n) is 3.33. The van der Waals surface area contributed by atoms with Gasteiger partial charge in [0.25, 0.3) is 0 Å². The first kappa shape index (κ1) is 11.5. The first-order valence-electron chi connectivity index (χ1n) is 6.57. The molecule has 3 aliphatic heterocycles. The van der Waals surface area contributed by atoms with Gasteiger partial charge in [0, 0.05) is 16.3 Å². The Labute approximate surface area is 107 Å². The average Bonchev–Trinajstić information content (AvgIpc) is 2.56. The molecule has 3 heteroatoms. The largest absolute Gasteiger partial charge is 0.297 e. The van der Waals surface area contributed by atoms with E-state index in [4.69, 9.17) is 0 Å². The summed E-state index contributed by atoms with van der Waals surface area (Å²) in [6.07, 6.45) is 8.48. The molecule has 1 nitrogen and oxygen atoms in total. The van der Waals surface area contributed by atoms with E-state index in [9.17, 15) is 0 Å². The smallest absolute Gasteiger partial charge is 0.0408 e. The highest BCUT2D eigenvalue weighted by Gasteiger charge is 2.36. The molecule has 3 rings (SSSR count). The van der Waals surface area contributed by atoms with Crippen LogP contribution in [0.1, 0.15) is 38.5 Å². The molecule has 0 radical (unpaired) electrons. The van der Waals surface area contributed by atoms with Gasteiger partial charge in [-0.05, 0) is 62.7 Å². The number of hydrogen-bond donors (Lipinski definition) is 0. The summed E-state index contributed by atoms with van der Waals surface area (Å²) in [7, 11) is 2.35. The van der Waals surface area contributed by atoms with Crippen LogP contribution in [0.4, 0.5) is 0 Å². The van der Waals surface area contributed by atoms with E-state index in [-0.39, 0.29) is 0 Å². The predicted octanol–water partition coefficient (Wildman–Crippen LogP) is 3.71. The third-order valence-electron chi connectivity index (χ3n) is 4.24. The summed E-state index contributed by atoms with van der Waals surface area (Å²) >= 11 is 4.27. The molecule has 0 aliphatic carbocycles. The molecule has 2 bridgehead atoms. The van der Waals surface area contributed by atoms with Gasteiger partial charge in [0.2, 0.25) is 0 Å².